The van der Waals surface area contributed by atoms with Crippen LogP contribution in [0.25, 0.3) is 0 Å². The van der Waals surface area contributed by atoms with Crippen molar-refractivity contribution in [2.45, 2.75) is 12.5 Å². The van der Waals surface area contributed by atoms with E-state index in [1.54, 1.807) is 17.4 Å². The molecule has 2 aliphatic heterocycles. The monoisotopic (exact) mass is 370 g/mol. The van der Waals surface area contributed by atoms with Gasteiger partial charge in [-0.05, 0) is 5.56 Å². The standard InChI is InChI=1S/C18H19ClN6O/c19-15-12-20-17(21-13-15)23-8-10-24(11-9-23)18(26)25-16(6-7-22-25)14-4-2-1-3-5-14/h1-5,7,12-13,16H,6,8-11H2. The molecule has 2 aliphatic rings. The Morgan fingerprint density at radius 2 is 1.73 bits per heavy atom. The summed E-state index contributed by atoms with van der Waals surface area (Å²) in [6.45, 7) is 2.58. The van der Waals surface area contributed by atoms with E-state index in [0.29, 0.717) is 37.1 Å². The van der Waals surface area contributed by atoms with Crippen molar-refractivity contribution in [1.82, 2.24) is 19.9 Å². The van der Waals surface area contributed by atoms with Crippen molar-refractivity contribution in [3.05, 3.63) is 53.3 Å². The Balaban J connectivity index is 1.40. The summed E-state index contributed by atoms with van der Waals surface area (Å²) in [5.41, 5.74) is 1.10. The molecule has 26 heavy (non-hydrogen) atoms. The first-order chi connectivity index (χ1) is 12.7. The summed E-state index contributed by atoms with van der Waals surface area (Å²) in [6, 6.07) is 9.95. The Labute approximate surface area is 156 Å². The summed E-state index contributed by atoms with van der Waals surface area (Å²) < 4.78 is 0. The number of hydrazone groups is 1. The number of nitrogens with zero attached hydrogens (tertiary/aromatic N) is 6. The van der Waals surface area contributed by atoms with Gasteiger partial charge in [-0.25, -0.2) is 19.8 Å². The predicted molar refractivity (Wildman–Crippen MR) is 100 cm³/mol. The Bertz CT molecular complexity index is 789. The molecule has 0 saturated carbocycles. The number of benzene rings is 1. The lowest BCUT2D eigenvalue weighted by Gasteiger charge is -2.37. The Morgan fingerprint density at radius 3 is 2.42 bits per heavy atom. The van der Waals surface area contributed by atoms with Crippen molar-refractivity contribution in [2.24, 2.45) is 5.10 Å². The predicted octanol–water partition coefficient (Wildman–Crippen LogP) is 2.80. The van der Waals surface area contributed by atoms with Gasteiger partial charge in [0.25, 0.3) is 0 Å². The first kappa shape index (κ1) is 16.8. The summed E-state index contributed by atoms with van der Waals surface area (Å²) in [5.74, 6) is 0.642. The zero-order valence-corrected chi connectivity index (χ0v) is 15.0. The van der Waals surface area contributed by atoms with E-state index in [9.17, 15) is 4.79 Å². The Hall–Kier alpha value is -2.67. The maximum atomic E-state index is 12.9. The number of hydrogen-bond donors (Lipinski definition) is 0. The zero-order valence-electron chi connectivity index (χ0n) is 14.2. The number of carbonyl (C=O) groups excluding carboxylic acids is 1. The molecule has 1 atom stereocenters. The molecule has 1 unspecified atom stereocenters. The average Bonchev–Trinajstić information content (AvgIpc) is 3.19. The van der Waals surface area contributed by atoms with Crippen LogP contribution in [0.1, 0.15) is 18.0 Å². The first-order valence-corrected chi connectivity index (χ1v) is 8.98. The van der Waals surface area contributed by atoms with Gasteiger partial charge in [-0.3, -0.25) is 0 Å². The molecule has 1 aromatic carbocycles. The van der Waals surface area contributed by atoms with Crippen molar-refractivity contribution < 1.29 is 4.79 Å². The van der Waals surface area contributed by atoms with E-state index in [4.69, 9.17) is 11.6 Å². The Kier molecular flexibility index (Phi) is 4.71. The highest BCUT2D eigenvalue weighted by atomic mass is 35.5. The summed E-state index contributed by atoms with van der Waals surface area (Å²) in [5, 5.41) is 6.44. The van der Waals surface area contributed by atoms with E-state index in [1.807, 2.05) is 41.4 Å². The van der Waals surface area contributed by atoms with Gasteiger partial charge in [0.1, 0.15) is 0 Å². The molecule has 0 radical (unpaired) electrons. The number of anilines is 1. The van der Waals surface area contributed by atoms with Gasteiger partial charge in [0, 0.05) is 38.8 Å². The molecule has 2 amide bonds. The molecule has 4 rings (SSSR count). The third kappa shape index (κ3) is 3.35. The highest BCUT2D eigenvalue weighted by molar-refractivity contribution is 6.30. The van der Waals surface area contributed by atoms with Gasteiger partial charge >= 0.3 is 6.03 Å². The molecular formula is C18H19ClN6O. The van der Waals surface area contributed by atoms with E-state index < -0.39 is 0 Å². The first-order valence-electron chi connectivity index (χ1n) is 8.60. The third-order valence-electron chi connectivity index (χ3n) is 4.65. The van der Waals surface area contributed by atoms with Crippen LogP contribution in [-0.2, 0) is 0 Å². The topological polar surface area (TPSA) is 64.9 Å². The maximum absolute atomic E-state index is 12.9. The highest BCUT2D eigenvalue weighted by Crippen LogP contribution is 2.29. The van der Waals surface area contributed by atoms with E-state index in [0.717, 1.165) is 12.0 Å². The summed E-state index contributed by atoms with van der Waals surface area (Å²) in [6.07, 6.45) is 5.73. The van der Waals surface area contributed by atoms with Crippen LogP contribution >= 0.6 is 11.6 Å². The summed E-state index contributed by atoms with van der Waals surface area (Å²) >= 11 is 5.84. The molecule has 8 heteroatoms. The van der Waals surface area contributed by atoms with Gasteiger partial charge in [-0.1, -0.05) is 41.9 Å². The quantitative estimate of drug-likeness (QED) is 0.815. The SMILES string of the molecule is O=C(N1CCN(c2ncc(Cl)cn2)CC1)N1N=CCC1c1ccccc1. The fourth-order valence-corrected chi connectivity index (χ4v) is 3.36. The molecular weight excluding hydrogens is 352 g/mol. The van der Waals surface area contributed by atoms with Crippen LogP contribution in [0.5, 0.6) is 0 Å². The van der Waals surface area contributed by atoms with Crippen LogP contribution in [0.4, 0.5) is 10.7 Å². The average molecular weight is 371 g/mol. The van der Waals surface area contributed by atoms with Gasteiger partial charge in [0.05, 0.1) is 23.5 Å². The second kappa shape index (κ2) is 7.29. The van der Waals surface area contributed by atoms with Crippen molar-refractivity contribution >= 4 is 29.8 Å². The smallest absolute Gasteiger partial charge is 0.337 e. The number of rotatable bonds is 2. The van der Waals surface area contributed by atoms with Crippen molar-refractivity contribution in [2.75, 3.05) is 31.1 Å². The van der Waals surface area contributed by atoms with Crippen molar-refractivity contribution in [3.63, 3.8) is 0 Å². The molecule has 134 valence electrons. The maximum Gasteiger partial charge on any atom is 0.341 e. The van der Waals surface area contributed by atoms with Crippen molar-refractivity contribution in [3.8, 4) is 0 Å². The molecule has 1 saturated heterocycles. The fourth-order valence-electron chi connectivity index (χ4n) is 3.26. The second-order valence-corrected chi connectivity index (χ2v) is 6.70. The third-order valence-corrected chi connectivity index (χ3v) is 4.85. The van der Waals surface area contributed by atoms with Crippen molar-refractivity contribution in [1.29, 1.82) is 0 Å². The molecule has 0 aliphatic carbocycles. The van der Waals surface area contributed by atoms with Crippen LogP contribution in [0, 0.1) is 0 Å². The molecule has 1 aromatic heterocycles. The number of amides is 2. The van der Waals surface area contributed by atoms with Gasteiger partial charge in [0.15, 0.2) is 0 Å². The number of piperazine rings is 1. The second-order valence-electron chi connectivity index (χ2n) is 6.26. The molecule has 7 nitrogen and oxygen atoms in total. The van der Waals surface area contributed by atoms with Crippen LogP contribution in [-0.4, -0.2) is 58.3 Å². The van der Waals surface area contributed by atoms with Crippen LogP contribution < -0.4 is 4.90 Å². The number of halogens is 1. The number of hydrogen-bond acceptors (Lipinski definition) is 5. The van der Waals surface area contributed by atoms with E-state index >= 15 is 0 Å². The lowest BCUT2D eigenvalue weighted by Crippen LogP contribution is -2.52. The lowest BCUT2D eigenvalue weighted by molar-refractivity contribution is 0.139. The fraction of sp³-hybridized carbons (Fsp3) is 0.333. The number of urea groups is 1. The molecule has 1 fully saturated rings. The summed E-state index contributed by atoms with van der Waals surface area (Å²) in [4.78, 5) is 25.3. The van der Waals surface area contributed by atoms with Crippen LogP contribution in [0.15, 0.2) is 47.8 Å². The van der Waals surface area contributed by atoms with Gasteiger partial charge in [-0.15, -0.1) is 0 Å². The minimum absolute atomic E-state index is 0.0265. The number of aromatic nitrogens is 2. The zero-order chi connectivity index (χ0) is 17.9. The van der Waals surface area contributed by atoms with E-state index in [1.165, 1.54) is 0 Å². The van der Waals surface area contributed by atoms with Crippen LogP contribution in [0.2, 0.25) is 5.02 Å². The highest BCUT2D eigenvalue weighted by Gasteiger charge is 2.33. The normalized spacial score (nSPS) is 19.9. The number of carbonyl (C=O) groups is 1. The molecule has 0 N–H and O–H groups in total. The van der Waals surface area contributed by atoms with Gasteiger partial charge in [-0.2, -0.15) is 5.10 Å². The molecule has 0 bridgehead atoms. The van der Waals surface area contributed by atoms with Gasteiger partial charge in [0.2, 0.25) is 5.95 Å². The lowest BCUT2D eigenvalue weighted by atomic mass is 10.1. The minimum Gasteiger partial charge on any atom is -0.337 e. The molecule has 0 spiro atoms. The Morgan fingerprint density at radius 1 is 1.04 bits per heavy atom. The van der Waals surface area contributed by atoms with Gasteiger partial charge < -0.3 is 9.80 Å². The van der Waals surface area contributed by atoms with Crippen LogP contribution in [0.3, 0.4) is 0 Å². The van der Waals surface area contributed by atoms with E-state index in [2.05, 4.69) is 20.0 Å². The molecule has 2 aromatic rings. The van der Waals surface area contributed by atoms with E-state index in [-0.39, 0.29) is 12.1 Å². The summed E-state index contributed by atoms with van der Waals surface area (Å²) in [7, 11) is 0. The molecule has 3 heterocycles. The largest absolute Gasteiger partial charge is 0.341 e. The minimum atomic E-state index is -0.0516.